The molecule has 2 unspecified atom stereocenters. The summed E-state index contributed by atoms with van der Waals surface area (Å²) in [4.78, 5) is 13.7. The van der Waals surface area contributed by atoms with Crippen LogP contribution in [0.2, 0.25) is 0 Å². The first-order valence-electron chi connectivity index (χ1n) is 6.87. The molecule has 0 aliphatic heterocycles. The number of ether oxygens (including phenoxy) is 1. The molecule has 7 heteroatoms. The summed E-state index contributed by atoms with van der Waals surface area (Å²) >= 11 is 0. The molecule has 1 saturated carbocycles. The van der Waals surface area contributed by atoms with Gasteiger partial charge in [-0.25, -0.2) is 0 Å². The predicted octanol–water partition coefficient (Wildman–Crippen LogP) is 1.94. The maximum Gasteiger partial charge on any atom is 0.390 e. The van der Waals surface area contributed by atoms with Gasteiger partial charge in [0.15, 0.2) is 0 Å². The number of nitrogens with zero attached hydrogens (tertiary/aromatic N) is 1. The molecule has 0 bridgehead atoms. The van der Waals surface area contributed by atoms with E-state index in [4.69, 9.17) is 4.74 Å². The van der Waals surface area contributed by atoms with Gasteiger partial charge in [0.2, 0.25) is 0 Å². The highest BCUT2D eigenvalue weighted by atomic mass is 19.4. The van der Waals surface area contributed by atoms with E-state index >= 15 is 0 Å². The third kappa shape index (κ3) is 4.34. The zero-order valence-electron chi connectivity index (χ0n) is 12.2. The first-order chi connectivity index (χ1) is 9.24. The largest absolute Gasteiger partial charge is 0.465 e. The molecule has 0 heterocycles. The van der Waals surface area contributed by atoms with Crippen molar-refractivity contribution in [2.24, 2.45) is 0 Å². The number of halogens is 3. The number of hydrogen-bond donors (Lipinski definition) is 1. The molecule has 1 N–H and O–H groups in total. The van der Waals surface area contributed by atoms with Crippen LogP contribution in [0.15, 0.2) is 0 Å². The third-order valence-electron chi connectivity index (χ3n) is 4.00. The van der Waals surface area contributed by atoms with Crippen molar-refractivity contribution in [3.8, 4) is 0 Å². The van der Waals surface area contributed by atoms with Crippen molar-refractivity contribution in [3.05, 3.63) is 0 Å². The van der Waals surface area contributed by atoms with Crippen molar-refractivity contribution in [2.45, 2.75) is 50.4 Å². The van der Waals surface area contributed by atoms with Crippen molar-refractivity contribution < 1.29 is 22.7 Å². The van der Waals surface area contributed by atoms with E-state index in [9.17, 15) is 18.0 Å². The summed E-state index contributed by atoms with van der Waals surface area (Å²) in [6.07, 6.45) is -3.21. The minimum absolute atomic E-state index is 0.0331. The van der Waals surface area contributed by atoms with Crippen LogP contribution >= 0.6 is 0 Å². The van der Waals surface area contributed by atoms with Crippen LogP contribution < -0.4 is 5.32 Å². The van der Waals surface area contributed by atoms with Gasteiger partial charge in [0.1, 0.15) is 5.54 Å². The van der Waals surface area contributed by atoms with E-state index in [2.05, 4.69) is 5.32 Å². The number of hydrogen-bond acceptors (Lipinski definition) is 4. The van der Waals surface area contributed by atoms with Gasteiger partial charge < -0.3 is 15.0 Å². The number of rotatable bonds is 6. The van der Waals surface area contributed by atoms with Gasteiger partial charge in [-0.2, -0.15) is 13.2 Å². The summed E-state index contributed by atoms with van der Waals surface area (Å²) < 4.78 is 41.8. The van der Waals surface area contributed by atoms with Crippen LogP contribution in [-0.2, 0) is 9.53 Å². The van der Waals surface area contributed by atoms with Crippen molar-refractivity contribution in [1.29, 1.82) is 0 Å². The van der Waals surface area contributed by atoms with Gasteiger partial charge in [0.05, 0.1) is 13.0 Å². The van der Waals surface area contributed by atoms with Crippen LogP contribution in [-0.4, -0.2) is 55.9 Å². The zero-order chi connectivity index (χ0) is 15.4. The molecule has 0 aromatic rings. The fourth-order valence-corrected chi connectivity index (χ4v) is 2.67. The smallest absolute Gasteiger partial charge is 0.390 e. The monoisotopic (exact) mass is 296 g/mol. The van der Waals surface area contributed by atoms with Crippen molar-refractivity contribution in [1.82, 2.24) is 10.2 Å². The Labute approximate surface area is 117 Å². The molecule has 0 radical (unpaired) electrons. The van der Waals surface area contributed by atoms with Gasteiger partial charge in [0.25, 0.3) is 0 Å². The first kappa shape index (κ1) is 17.2. The predicted molar refractivity (Wildman–Crippen MR) is 69.4 cm³/mol. The SMILES string of the molecule is CCOC(=O)C1(NC)CCC(N(C)CCC(F)(F)F)C1. The summed E-state index contributed by atoms with van der Waals surface area (Å²) in [6.45, 7) is 2.00. The minimum Gasteiger partial charge on any atom is -0.465 e. The Balaban J connectivity index is 2.58. The Morgan fingerprint density at radius 2 is 2.15 bits per heavy atom. The van der Waals surface area contributed by atoms with E-state index in [1.807, 2.05) is 0 Å². The minimum atomic E-state index is -4.14. The second kappa shape index (κ2) is 6.76. The number of esters is 1. The molecule has 0 saturated heterocycles. The normalized spacial score (nSPS) is 27.1. The van der Waals surface area contributed by atoms with Gasteiger partial charge >= 0.3 is 12.1 Å². The number of alkyl halides is 3. The molecule has 4 nitrogen and oxygen atoms in total. The maximum atomic E-state index is 12.2. The molecular weight excluding hydrogens is 273 g/mol. The van der Waals surface area contributed by atoms with Crippen molar-refractivity contribution in [2.75, 3.05) is 27.2 Å². The lowest BCUT2D eigenvalue weighted by atomic mass is 9.97. The average Bonchev–Trinajstić information content (AvgIpc) is 2.81. The summed E-state index contributed by atoms with van der Waals surface area (Å²) in [5.74, 6) is -0.311. The lowest BCUT2D eigenvalue weighted by molar-refractivity contribution is -0.151. The van der Waals surface area contributed by atoms with Gasteiger partial charge in [0, 0.05) is 12.6 Å². The van der Waals surface area contributed by atoms with Gasteiger partial charge in [-0.05, 0) is 40.3 Å². The van der Waals surface area contributed by atoms with Crippen molar-refractivity contribution in [3.63, 3.8) is 0 Å². The number of carbonyl (C=O) groups excluding carboxylic acids is 1. The molecule has 0 spiro atoms. The summed E-state index contributed by atoms with van der Waals surface area (Å²) in [6, 6.07) is -0.0331. The Hall–Kier alpha value is -0.820. The molecule has 1 aliphatic rings. The second-order valence-corrected chi connectivity index (χ2v) is 5.29. The van der Waals surface area contributed by atoms with Crippen LogP contribution in [0.1, 0.15) is 32.6 Å². The highest BCUT2D eigenvalue weighted by Gasteiger charge is 2.46. The van der Waals surface area contributed by atoms with Crippen LogP contribution in [0.4, 0.5) is 13.2 Å². The van der Waals surface area contributed by atoms with Crippen LogP contribution in [0.25, 0.3) is 0 Å². The molecule has 1 rings (SSSR count). The molecular formula is C13H23F3N2O2. The lowest BCUT2D eigenvalue weighted by Crippen LogP contribution is -2.50. The van der Waals surface area contributed by atoms with Gasteiger partial charge in [-0.3, -0.25) is 4.79 Å². The highest BCUT2D eigenvalue weighted by molar-refractivity contribution is 5.81. The lowest BCUT2D eigenvalue weighted by Gasteiger charge is -2.29. The van der Waals surface area contributed by atoms with Gasteiger partial charge in [-0.1, -0.05) is 0 Å². The summed E-state index contributed by atoms with van der Waals surface area (Å²) in [5, 5.41) is 3.00. The van der Waals surface area contributed by atoms with Crippen LogP contribution in [0.3, 0.4) is 0 Å². The quantitative estimate of drug-likeness (QED) is 0.761. The molecule has 1 fully saturated rings. The van der Waals surface area contributed by atoms with Crippen LogP contribution in [0.5, 0.6) is 0 Å². The average molecular weight is 296 g/mol. The van der Waals surface area contributed by atoms with E-state index in [0.717, 1.165) is 0 Å². The second-order valence-electron chi connectivity index (χ2n) is 5.29. The summed E-state index contributed by atoms with van der Waals surface area (Å²) in [7, 11) is 3.36. The number of nitrogens with one attached hydrogen (secondary N) is 1. The molecule has 0 aromatic heterocycles. The zero-order valence-corrected chi connectivity index (χ0v) is 12.2. The molecule has 118 valence electrons. The standard InChI is InChI=1S/C13H23F3N2O2/c1-4-20-11(19)12(17-2)6-5-10(9-12)18(3)8-7-13(14,15)16/h10,17H,4-9H2,1-3H3. The fourth-order valence-electron chi connectivity index (χ4n) is 2.67. The summed E-state index contributed by atoms with van der Waals surface area (Å²) in [5.41, 5.74) is -0.757. The van der Waals surface area contributed by atoms with Gasteiger partial charge in [-0.15, -0.1) is 0 Å². The Kier molecular flexibility index (Phi) is 5.82. The third-order valence-corrected chi connectivity index (χ3v) is 4.00. The van der Waals surface area contributed by atoms with E-state index in [1.54, 1.807) is 25.9 Å². The van der Waals surface area contributed by atoms with E-state index in [1.165, 1.54) is 0 Å². The molecule has 0 aromatic carbocycles. The molecule has 20 heavy (non-hydrogen) atoms. The van der Waals surface area contributed by atoms with Crippen molar-refractivity contribution >= 4 is 5.97 Å². The maximum absolute atomic E-state index is 12.2. The van der Waals surface area contributed by atoms with E-state index < -0.39 is 18.1 Å². The Morgan fingerprint density at radius 1 is 1.50 bits per heavy atom. The van der Waals surface area contributed by atoms with Crippen LogP contribution in [0, 0.1) is 0 Å². The molecule has 1 aliphatic carbocycles. The Bertz CT molecular complexity index is 336. The Morgan fingerprint density at radius 3 is 2.65 bits per heavy atom. The molecule has 0 amide bonds. The molecule has 2 atom stereocenters. The first-order valence-corrected chi connectivity index (χ1v) is 6.87. The fraction of sp³-hybridized carbons (Fsp3) is 0.923. The number of carbonyl (C=O) groups is 1. The number of likely N-dealkylation sites (N-methyl/N-ethyl adjacent to an activating group) is 1. The van der Waals surface area contributed by atoms with E-state index in [-0.39, 0.29) is 18.6 Å². The topological polar surface area (TPSA) is 41.6 Å². The highest BCUT2D eigenvalue weighted by Crippen LogP contribution is 2.34. The van der Waals surface area contributed by atoms with E-state index in [0.29, 0.717) is 25.9 Å².